The molecule has 1 heterocycles. The molecule has 38 heavy (non-hydrogen) atoms. The van der Waals surface area contributed by atoms with E-state index in [1.165, 1.54) is 0 Å². The number of carbonyl (C=O) groups excluding carboxylic acids is 1. The number of unbranched alkanes of at least 4 members (excludes halogenated alkanes) is 1. The Bertz CT molecular complexity index is 850. The molecular weight excluding hydrogens is 490 g/mol. The predicted octanol–water partition coefficient (Wildman–Crippen LogP) is -1.72. The zero-order valence-corrected chi connectivity index (χ0v) is 22.2. The van der Waals surface area contributed by atoms with Crippen LogP contribution in [-0.4, -0.2) is 92.6 Å². The van der Waals surface area contributed by atoms with Crippen LogP contribution in [0.25, 0.3) is 0 Å². The molecule has 1 saturated heterocycles. The number of nitrogen functional groups attached to an aromatic ring is 1. The van der Waals surface area contributed by atoms with E-state index in [1.807, 2.05) is 12.1 Å². The summed E-state index contributed by atoms with van der Waals surface area (Å²) >= 11 is 0. The SMILES string of the molecule is NCCCCNCCOC1CC(OC2OC(CN)CC(O)C2N)C(N)CC1NC(=O)Cc1cccc(N)c1. The van der Waals surface area contributed by atoms with Crippen molar-refractivity contribution in [2.45, 2.75) is 87.4 Å². The molecule has 1 aliphatic carbocycles. The Hall–Kier alpha value is -1.87. The first-order chi connectivity index (χ1) is 18.3. The molecular formula is C26H47N7O5. The number of rotatable bonds is 14. The molecule has 1 saturated carbocycles. The van der Waals surface area contributed by atoms with Crippen LogP contribution in [0.5, 0.6) is 0 Å². The summed E-state index contributed by atoms with van der Waals surface area (Å²) in [6, 6.07) is 5.87. The first-order valence-electron chi connectivity index (χ1n) is 13.7. The number of aliphatic hydroxyl groups is 1. The number of hydrogen-bond acceptors (Lipinski definition) is 11. The highest BCUT2D eigenvalue weighted by Gasteiger charge is 2.42. The van der Waals surface area contributed by atoms with Crippen molar-refractivity contribution in [1.29, 1.82) is 0 Å². The van der Waals surface area contributed by atoms with Gasteiger partial charge in [0.15, 0.2) is 6.29 Å². The molecule has 2 aliphatic rings. The van der Waals surface area contributed by atoms with Crippen LogP contribution in [0.3, 0.4) is 0 Å². The molecule has 3 rings (SSSR count). The van der Waals surface area contributed by atoms with E-state index in [2.05, 4.69) is 10.6 Å². The molecule has 12 heteroatoms. The molecule has 8 unspecified atom stereocenters. The standard InChI is InChI=1S/C26H47N7O5/c27-6-1-2-7-32-8-9-36-23-14-22(38-26-25(31)21(34)12-18(15-28)37-26)19(30)13-20(23)33-24(35)11-16-4-3-5-17(29)10-16/h3-5,10,18-23,25-26,32,34H,1-2,6-9,11-15,27-31H2,(H,33,35). The highest BCUT2D eigenvalue weighted by atomic mass is 16.7. The van der Waals surface area contributed by atoms with Crippen molar-refractivity contribution in [3.63, 3.8) is 0 Å². The Kier molecular flexibility index (Phi) is 12.6. The predicted molar refractivity (Wildman–Crippen MR) is 146 cm³/mol. The van der Waals surface area contributed by atoms with Gasteiger partial charge >= 0.3 is 0 Å². The summed E-state index contributed by atoms with van der Waals surface area (Å²) in [4.78, 5) is 12.9. The summed E-state index contributed by atoms with van der Waals surface area (Å²) in [5.74, 6) is -0.132. The topological polar surface area (TPSA) is 219 Å². The molecule has 1 aromatic carbocycles. The van der Waals surface area contributed by atoms with Crippen LogP contribution < -0.4 is 39.3 Å². The number of nitrogens with two attached hydrogens (primary N) is 5. The largest absolute Gasteiger partial charge is 0.399 e. The van der Waals surface area contributed by atoms with Crippen molar-refractivity contribution in [2.75, 3.05) is 38.5 Å². The lowest BCUT2D eigenvalue weighted by Crippen LogP contribution is -2.61. The maximum atomic E-state index is 12.9. The van der Waals surface area contributed by atoms with E-state index in [1.54, 1.807) is 12.1 Å². The number of nitrogens with one attached hydrogen (secondary N) is 2. The Balaban J connectivity index is 1.61. The van der Waals surface area contributed by atoms with E-state index in [0.29, 0.717) is 44.6 Å². The Morgan fingerprint density at radius 2 is 1.92 bits per heavy atom. The van der Waals surface area contributed by atoms with E-state index in [9.17, 15) is 9.90 Å². The van der Waals surface area contributed by atoms with Gasteiger partial charge in [0.1, 0.15) is 0 Å². The quantitative estimate of drug-likeness (QED) is 0.0985. The van der Waals surface area contributed by atoms with Gasteiger partial charge in [-0.1, -0.05) is 12.1 Å². The van der Waals surface area contributed by atoms with Gasteiger partial charge in [0.25, 0.3) is 0 Å². The summed E-state index contributed by atoms with van der Waals surface area (Å²) in [6.07, 6.45) is 0.719. The van der Waals surface area contributed by atoms with Crippen molar-refractivity contribution in [2.24, 2.45) is 22.9 Å². The number of benzene rings is 1. The zero-order chi connectivity index (χ0) is 27.5. The van der Waals surface area contributed by atoms with Gasteiger partial charge in [0, 0.05) is 37.7 Å². The van der Waals surface area contributed by atoms with Gasteiger partial charge in [-0.3, -0.25) is 4.79 Å². The van der Waals surface area contributed by atoms with Crippen LogP contribution in [0, 0.1) is 0 Å². The zero-order valence-electron chi connectivity index (χ0n) is 22.2. The number of anilines is 1. The Morgan fingerprint density at radius 3 is 2.66 bits per heavy atom. The van der Waals surface area contributed by atoms with E-state index in [-0.39, 0.29) is 37.1 Å². The lowest BCUT2D eigenvalue weighted by molar-refractivity contribution is -0.250. The van der Waals surface area contributed by atoms with Gasteiger partial charge in [-0.25, -0.2) is 0 Å². The van der Waals surface area contributed by atoms with Crippen LogP contribution in [0.15, 0.2) is 24.3 Å². The van der Waals surface area contributed by atoms with Crippen LogP contribution in [0.2, 0.25) is 0 Å². The van der Waals surface area contributed by atoms with E-state index < -0.39 is 30.6 Å². The van der Waals surface area contributed by atoms with Gasteiger partial charge in [0.2, 0.25) is 5.91 Å². The summed E-state index contributed by atoms with van der Waals surface area (Å²) in [5, 5.41) is 16.8. The highest BCUT2D eigenvalue weighted by Crippen LogP contribution is 2.28. The van der Waals surface area contributed by atoms with E-state index >= 15 is 0 Å². The number of aliphatic hydroxyl groups excluding tert-OH is 1. The number of carbonyl (C=O) groups is 1. The summed E-state index contributed by atoms with van der Waals surface area (Å²) in [5.41, 5.74) is 31.3. The van der Waals surface area contributed by atoms with E-state index in [4.69, 9.17) is 42.9 Å². The van der Waals surface area contributed by atoms with Crippen molar-refractivity contribution in [3.05, 3.63) is 29.8 Å². The third-order valence-electron chi connectivity index (χ3n) is 7.16. The molecule has 0 radical (unpaired) electrons. The minimum atomic E-state index is -0.831. The first kappa shape index (κ1) is 30.7. The molecule has 1 aromatic rings. The average Bonchev–Trinajstić information content (AvgIpc) is 2.88. The fourth-order valence-electron chi connectivity index (χ4n) is 5.00. The number of hydrogen-bond donors (Lipinski definition) is 8. The lowest BCUT2D eigenvalue weighted by atomic mass is 9.86. The number of ether oxygens (including phenoxy) is 3. The molecule has 2 fully saturated rings. The fraction of sp³-hybridized carbons (Fsp3) is 0.731. The molecule has 1 amide bonds. The molecule has 13 N–H and O–H groups in total. The summed E-state index contributed by atoms with van der Waals surface area (Å²) < 4.78 is 18.3. The summed E-state index contributed by atoms with van der Waals surface area (Å²) in [7, 11) is 0. The van der Waals surface area contributed by atoms with Gasteiger partial charge in [-0.2, -0.15) is 0 Å². The van der Waals surface area contributed by atoms with Crippen molar-refractivity contribution in [1.82, 2.24) is 10.6 Å². The molecule has 8 atom stereocenters. The molecule has 12 nitrogen and oxygen atoms in total. The molecule has 0 aromatic heterocycles. The lowest BCUT2D eigenvalue weighted by Gasteiger charge is -2.44. The fourth-order valence-corrected chi connectivity index (χ4v) is 5.00. The number of amides is 1. The van der Waals surface area contributed by atoms with Crippen molar-refractivity contribution < 1.29 is 24.1 Å². The van der Waals surface area contributed by atoms with Crippen LogP contribution in [0.4, 0.5) is 5.69 Å². The van der Waals surface area contributed by atoms with E-state index in [0.717, 1.165) is 24.9 Å². The maximum absolute atomic E-state index is 12.9. The second-order valence-corrected chi connectivity index (χ2v) is 10.3. The minimum absolute atomic E-state index is 0.132. The summed E-state index contributed by atoms with van der Waals surface area (Å²) in [6.45, 7) is 2.93. The van der Waals surface area contributed by atoms with Crippen LogP contribution in [-0.2, 0) is 25.4 Å². The van der Waals surface area contributed by atoms with Crippen LogP contribution in [0.1, 0.15) is 37.7 Å². The Morgan fingerprint density at radius 1 is 1.11 bits per heavy atom. The minimum Gasteiger partial charge on any atom is -0.399 e. The van der Waals surface area contributed by atoms with Crippen molar-refractivity contribution in [3.8, 4) is 0 Å². The molecule has 1 aliphatic heterocycles. The van der Waals surface area contributed by atoms with Gasteiger partial charge in [-0.05, 0) is 50.0 Å². The van der Waals surface area contributed by atoms with Crippen molar-refractivity contribution >= 4 is 11.6 Å². The van der Waals surface area contributed by atoms with Gasteiger partial charge in [0.05, 0.1) is 49.5 Å². The maximum Gasteiger partial charge on any atom is 0.224 e. The Labute approximate surface area is 225 Å². The smallest absolute Gasteiger partial charge is 0.224 e. The third kappa shape index (κ3) is 9.40. The molecule has 216 valence electrons. The monoisotopic (exact) mass is 537 g/mol. The van der Waals surface area contributed by atoms with Crippen LogP contribution >= 0.6 is 0 Å². The average molecular weight is 538 g/mol. The van der Waals surface area contributed by atoms with Gasteiger partial charge < -0.3 is 58.6 Å². The highest BCUT2D eigenvalue weighted by molar-refractivity contribution is 5.79. The third-order valence-corrected chi connectivity index (χ3v) is 7.16. The normalized spacial score (nSPS) is 31.7. The molecule has 0 bridgehead atoms. The second-order valence-electron chi connectivity index (χ2n) is 10.3. The molecule has 0 spiro atoms. The first-order valence-corrected chi connectivity index (χ1v) is 13.7. The second kappa shape index (κ2) is 15.7. The van der Waals surface area contributed by atoms with Gasteiger partial charge in [-0.15, -0.1) is 0 Å².